The van der Waals surface area contributed by atoms with Crippen LogP contribution >= 0.6 is 11.8 Å². The molecule has 6 nitrogen and oxygen atoms in total. The number of carbonyl (C=O) groups excluding carboxylic acids is 1. The Hall–Kier alpha value is -2.85. The third-order valence-corrected chi connectivity index (χ3v) is 6.07. The Morgan fingerprint density at radius 3 is 2.59 bits per heavy atom. The predicted molar refractivity (Wildman–Crippen MR) is 114 cm³/mol. The number of aryl methyl sites for hydroxylation is 1. The molecule has 2 heterocycles. The topological polar surface area (TPSA) is 60.3 Å². The van der Waals surface area contributed by atoms with Crippen molar-refractivity contribution in [1.82, 2.24) is 19.7 Å². The highest BCUT2D eigenvalue weighted by Gasteiger charge is 2.31. The van der Waals surface area contributed by atoms with Crippen molar-refractivity contribution in [1.29, 1.82) is 0 Å². The molecule has 10 heteroatoms. The zero-order chi connectivity index (χ0) is 22.7. The van der Waals surface area contributed by atoms with E-state index in [0.717, 1.165) is 17.7 Å². The van der Waals surface area contributed by atoms with Crippen LogP contribution in [0.1, 0.15) is 27.3 Å². The number of hydrogen-bond acceptors (Lipinski definition) is 5. The van der Waals surface area contributed by atoms with Gasteiger partial charge < -0.3 is 9.64 Å². The summed E-state index contributed by atoms with van der Waals surface area (Å²) in [5.74, 6) is 0.938. The van der Waals surface area contributed by atoms with Gasteiger partial charge in [-0.15, -0.1) is 10.2 Å². The Labute approximate surface area is 187 Å². The van der Waals surface area contributed by atoms with E-state index in [9.17, 15) is 18.0 Å². The first-order valence-corrected chi connectivity index (χ1v) is 11.0. The molecule has 1 aromatic heterocycles. The lowest BCUT2D eigenvalue weighted by atomic mass is 10.1. The average Bonchev–Trinajstić information content (AvgIpc) is 3.17. The Balaban J connectivity index is 1.52. The maximum Gasteiger partial charge on any atom is 0.416 e. The molecule has 2 aromatic carbocycles. The van der Waals surface area contributed by atoms with Gasteiger partial charge in [0, 0.05) is 30.1 Å². The normalized spacial score (nSPS) is 14.6. The van der Waals surface area contributed by atoms with Gasteiger partial charge >= 0.3 is 6.18 Å². The number of aromatic nitrogens is 3. The van der Waals surface area contributed by atoms with Crippen LogP contribution in [0.15, 0.2) is 53.7 Å². The molecule has 168 valence electrons. The van der Waals surface area contributed by atoms with Crippen LogP contribution in [-0.4, -0.2) is 51.9 Å². The lowest BCUT2D eigenvalue weighted by Crippen LogP contribution is -2.40. The molecule has 1 amide bonds. The number of ether oxygens (including phenoxy) is 1. The number of thioether (sulfide) groups is 1. The van der Waals surface area contributed by atoms with Gasteiger partial charge in [-0.1, -0.05) is 30.0 Å². The van der Waals surface area contributed by atoms with Gasteiger partial charge in [0.05, 0.1) is 18.8 Å². The molecule has 0 aliphatic carbocycles. The molecule has 1 fully saturated rings. The summed E-state index contributed by atoms with van der Waals surface area (Å²) in [6, 6.07) is 12.4. The monoisotopic (exact) mass is 462 g/mol. The summed E-state index contributed by atoms with van der Waals surface area (Å²) in [4.78, 5) is 14.5. The van der Waals surface area contributed by atoms with Crippen LogP contribution < -0.4 is 0 Å². The van der Waals surface area contributed by atoms with Crippen LogP contribution in [0.4, 0.5) is 13.2 Å². The van der Waals surface area contributed by atoms with E-state index in [1.165, 1.54) is 17.8 Å². The van der Waals surface area contributed by atoms with Crippen molar-refractivity contribution >= 4 is 17.7 Å². The lowest BCUT2D eigenvalue weighted by molar-refractivity contribution is -0.137. The summed E-state index contributed by atoms with van der Waals surface area (Å²) in [5, 5.41) is 8.66. The van der Waals surface area contributed by atoms with Crippen LogP contribution in [0.5, 0.6) is 0 Å². The van der Waals surface area contributed by atoms with Crippen molar-refractivity contribution in [2.24, 2.45) is 0 Å². The summed E-state index contributed by atoms with van der Waals surface area (Å²) in [7, 11) is 0. The predicted octanol–water partition coefficient (Wildman–Crippen LogP) is 4.36. The number of benzene rings is 2. The Morgan fingerprint density at radius 2 is 1.84 bits per heavy atom. The van der Waals surface area contributed by atoms with Crippen LogP contribution in [-0.2, 0) is 16.7 Å². The molecule has 0 atom stereocenters. The molecular weight excluding hydrogens is 441 g/mol. The van der Waals surface area contributed by atoms with Crippen LogP contribution in [0, 0.1) is 6.92 Å². The van der Waals surface area contributed by atoms with Crippen molar-refractivity contribution in [2.45, 2.75) is 24.0 Å². The second-order valence-corrected chi connectivity index (χ2v) is 8.25. The molecule has 1 saturated heterocycles. The van der Waals surface area contributed by atoms with Crippen molar-refractivity contribution < 1.29 is 22.7 Å². The minimum Gasteiger partial charge on any atom is -0.378 e. The number of amides is 1. The van der Waals surface area contributed by atoms with E-state index in [-0.39, 0.29) is 5.91 Å². The number of hydrogen-bond donors (Lipinski definition) is 0. The molecule has 0 radical (unpaired) electrons. The molecule has 0 saturated carbocycles. The number of nitrogens with zero attached hydrogens (tertiary/aromatic N) is 4. The Morgan fingerprint density at radius 1 is 1.09 bits per heavy atom. The van der Waals surface area contributed by atoms with Gasteiger partial charge in [0.25, 0.3) is 5.91 Å². The van der Waals surface area contributed by atoms with Gasteiger partial charge in [0.15, 0.2) is 5.16 Å². The Kier molecular flexibility index (Phi) is 6.52. The van der Waals surface area contributed by atoms with Crippen LogP contribution in [0.25, 0.3) is 5.69 Å². The van der Waals surface area contributed by atoms with Gasteiger partial charge in [-0.2, -0.15) is 13.2 Å². The number of morpholine rings is 1. The lowest BCUT2D eigenvalue weighted by Gasteiger charge is -2.27. The zero-order valence-corrected chi connectivity index (χ0v) is 18.1. The molecule has 0 N–H and O–H groups in total. The van der Waals surface area contributed by atoms with E-state index in [2.05, 4.69) is 10.2 Å². The van der Waals surface area contributed by atoms with Crippen molar-refractivity contribution in [2.75, 3.05) is 26.3 Å². The summed E-state index contributed by atoms with van der Waals surface area (Å²) in [5.41, 5.74) is 1.13. The van der Waals surface area contributed by atoms with Crippen molar-refractivity contribution in [3.63, 3.8) is 0 Å². The molecule has 0 bridgehead atoms. The SMILES string of the molecule is Cc1nnc(SCc2cccc(C(=O)N3CCOCC3)c2)n1-c1cccc(C(F)(F)F)c1. The first kappa shape index (κ1) is 22.3. The third-order valence-electron chi connectivity index (χ3n) is 5.07. The summed E-state index contributed by atoms with van der Waals surface area (Å²) in [6.07, 6.45) is -4.43. The van der Waals surface area contributed by atoms with Gasteiger partial charge in [-0.25, -0.2) is 0 Å². The summed E-state index contributed by atoms with van der Waals surface area (Å²) < 4.78 is 46.3. The largest absolute Gasteiger partial charge is 0.416 e. The minimum absolute atomic E-state index is 0.0388. The zero-order valence-electron chi connectivity index (χ0n) is 17.3. The number of carbonyl (C=O) groups is 1. The fourth-order valence-electron chi connectivity index (χ4n) is 3.45. The molecule has 4 rings (SSSR count). The molecule has 0 spiro atoms. The second kappa shape index (κ2) is 9.33. The van der Waals surface area contributed by atoms with E-state index in [1.807, 2.05) is 18.2 Å². The Bertz CT molecular complexity index is 1110. The van der Waals surface area contributed by atoms with E-state index < -0.39 is 11.7 Å². The van der Waals surface area contributed by atoms with E-state index in [4.69, 9.17) is 4.74 Å². The van der Waals surface area contributed by atoms with E-state index >= 15 is 0 Å². The maximum absolute atomic E-state index is 13.1. The van der Waals surface area contributed by atoms with E-state index in [0.29, 0.717) is 54.3 Å². The first-order valence-electron chi connectivity index (χ1n) is 10.0. The summed E-state index contributed by atoms with van der Waals surface area (Å²) >= 11 is 1.35. The molecule has 1 aliphatic heterocycles. The molecule has 0 unspecified atom stereocenters. The fraction of sp³-hybridized carbons (Fsp3) is 0.318. The quantitative estimate of drug-likeness (QED) is 0.528. The standard InChI is InChI=1S/C22H21F3N4O2S/c1-15-26-27-21(29(15)19-7-3-6-18(13-19)22(23,24)25)32-14-16-4-2-5-17(12-16)20(30)28-8-10-31-11-9-28/h2-7,12-13H,8-11,14H2,1H3. The maximum atomic E-state index is 13.1. The van der Waals surface area contributed by atoms with Crippen LogP contribution in [0.3, 0.4) is 0 Å². The van der Waals surface area contributed by atoms with Gasteiger partial charge in [0.2, 0.25) is 0 Å². The van der Waals surface area contributed by atoms with Crippen molar-refractivity contribution in [3.8, 4) is 5.69 Å². The average molecular weight is 462 g/mol. The summed E-state index contributed by atoms with van der Waals surface area (Å²) in [6.45, 7) is 3.89. The van der Waals surface area contributed by atoms with Gasteiger partial charge in [-0.3, -0.25) is 9.36 Å². The highest BCUT2D eigenvalue weighted by atomic mass is 32.2. The van der Waals surface area contributed by atoms with Crippen molar-refractivity contribution in [3.05, 3.63) is 71.0 Å². The number of rotatable bonds is 5. The van der Waals surface area contributed by atoms with Gasteiger partial charge in [0.1, 0.15) is 5.82 Å². The van der Waals surface area contributed by atoms with Crippen LogP contribution in [0.2, 0.25) is 0 Å². The number of halogens is 3. The molecule has 32 heavy (non-hydrogen) atoms. The fourth-order valence-corrected chi connectivity index (χ4v) is 4.39. The second-order valence-electron chi connectivity index (χ2n) is 7.31. The minimum atomic E-state index is -4.43. The smallest absolute Gasteiger partial charge is 0.378 e. The molecular formula is C22H21F3N4O2S. The first-order chi connectivity index (χ1) is 15.3. The molecule has 1 aliphatic rings. The highest BCUT2D eigenvalue weighted by molar-refractivity contribution is 7.98. The number of alkyl halides is 3. The third kappa shape index (κ3) is 4.97. The molecule has 3 aromatic rings. The highest BCUT2D eigenvalue weighted by Crippen LogP contribution is 2.32. The van der Waals surface area contributed by atoms with E-state index in [1.54, 1.807) is 28.5 Å². The van der Waals surface area contributed by atoms with Gasteiger partial charge in [-0.05, 0) is 42.8 Å².